The van der Waals surface area contributed by atoms with Crippen LogP contribution in [0.2, 0.25) is 5.02 Å². The molecule has 166 valence electrons. The number of halogens is 1. The van der Waals surface area contributed by atoms with Crippen LogP contribution in [0.15, 0.2) is 29.3 Å². The number of piperidine rings is 1. The minimum atomic E-state index is -0.109. The van der Waals surface area contributed by atoms with Gasteiger partial charge < -0.3 is 19.7 Å². The highest BCUT2D eigenvalue weighted by atomic mass is 35.5. The topological polar surface area (TPSA) is 66.4 Å². The molecular weight excluding hydrogens is 404 g/mol. The maximum Gasteiger partial charge on any atom is 0.308 e. The van der Waals surface area contributed by atoms with Crippen molar-refractivity contribution in [3.05, 3.63) is 34.9 Å². The third-order valence-electron chi connectivity index (χ3n) is 5.83. The molecule has 2 aliphatic rings. The number of rotatable bonds is 6. The summed E-state index contributed by atoms with van der Waals surface area (Å²) in [7, 11) is 1.46. The van der Waals surface area contributed by atoms with Gasteiger partial charge >= 0.3 is 5.97 Å². The number of esters is 1. The van der Waals surface area contributed by atoms with Crippen molar-refractivity contribution in [2.75, 3.05) is 59.6 Å². The number of nitrogens with zero attached hydrogens (tertiary/aromatic N) is 3. The summed E-state index contributed by atoms with van der Waals surface area (Å²) in [5.74, 6) is 0.771. The third-order valence-corrected chi connectivity index (χ3v) is 6.17. The second-order valence-electron chi connectivity index (χ2n) is 7.66. The first kappa shape index (κ1) is 22.8. The lowest BCUT2D eigenvalue weighted by molar-refractivity contribution is -0.146. The maximum atomic E-state index is 11.8. The molecule has 2 fully saturated rings. The molecule has 0 aliphatic carbocycles. The van der Waals surface area contributed by atoms with E-state index in [-0.39, 0.29) is 17.9 Å². The van der Waals surface area contributed by atoms with E-state index in [4.69, 9.17) is 26.1 Å². The zero-order valence-electron chi connectivity index (χ0n) is 18.0. The number of nitrogens with one attached hydrogen (secondary N) is 1. The van der Waals surface area contributed by atoms with Crippen molar-refractivity contribution in [3.63, 3.8) is 0 Å². The second kappa shape index (κ2) is 11.5. The van der Waals surface area contributed by atoms with Crippen LogP contribution in [0.1, 0.15) is 31.4 Å². The van der Waals surface area contributed by atoms with Crippen LogP contribution >= 0.6 is 11.6 Å². The zero-order valence-corrected chi connectivity index (χ0v) is 18.7. The van der Waals surface area contributed by atoms with Gasteiger partial charge in [-0.1, -0.05) is 29.8 Å². The van der Waals surface area contributed by atoms with Crippen LogP contribution in [-0.2, 0) is 14.3 Å². The molecule has 0 amide bonds. The number of morpholine rings is 1. The van der Waals surface area contributed by atoms with Gasteiger partial charge in [0, 0.05) is 37.7 Å². The van der Waals surface area contributed by atoms with E-state index in [1.165, 1.54) is 7.11 Å². The largest absolute Gasteiger partial charge is 0.469 e. The van der Waals surface area contributed by atoms with E-state index in [1.54, 1.807) is 0 Å². The van der Waals surface area contributed by atoms with Crippen molar-refractivity contribution in [2.45, 2.75) is 25.8 Å². The highest BCUT2D eigenvalue weighted by molar-refractivity contribution is 6.31. The molecule has 0 radical (unpaired) electrons. The molecule has 2 aliphatic heterocycles. The number of benzene rings is 1. The summed E-state index contributed by atoms with van der Waals surface area (Å²) in [6.07, 6.45) is 1.57. The Morgan fingerprint density at radius 3 is 2.60 bits per heavy atom. The van der Waals surface area contributed by atoms with Crippen LogP contribution in [0.4, 0.5) is 0 Å². The molecule has 0 bridgehead atoms. The first-order chi connectivity index (χ1) is 14.6. The molecule has 0 spiro atoms. The van der Waals surface area contributed by atoms with E-state index in [2.05, 4.69) is 28.1 Å². The summed E-state index contributed by atoms with van der Waals surface area (Å²) in [5, 5.41) is 4.19. The van der Waals surface area contributed by atoms with Crippen molar-refractivity contribution in [1.82, 2.24) is 15.1 Å². The fraction of sp³-hybridized carbons (Fsp3) is 0.636. The molecule has 1 aromatic carbocycles. The van der Waals surface area contributed by atoms with Crippen LogP contribution < -0.4 is 5.32 Å². The van der Waals surface area contributed by atoms with E-state index < -0.39 is 0 Å². The molecule has 1 atom stereocenters. The van der Waals surface area contributed by atoms with E-state index in [0.717, 1.165) is 75.3 Å². The molecule has 1 aromatic rings. The Morgan fingerprint density at radius 2 is 1.97 bits per heavy atom. The summed E-state index contributed by atoms with van der Waals surface area (Å²) in [6.45, 7) is 8.26. The summed E-state index contributed by atoms with van der Waals surface area (Å²) < 4.78 is 10.5. The van der Waals surface area contributed by atoms with E-state index in [1.807, 2.05) is 18.2 Å². The van der Waals surface area contributed by atoms with Gasteiger partial charge in [-0.15, -0.1) is 0 Å². The Morgan fingerprint density at radius 1 is 1.27 bits per heavy atom. The number of aliphatic imine (C=N–C) groups is 1. The van der Waals surface area contributed by atoms with Crippen LogP contribution in [0, 0.1) is 5.92 Å². The summed E-state index contributed by atoms with van der Waals surface area (Å²) in [6, 6.07) is 8.12. The molecule has 8 heteroatoms. The monoisotopic (exact) mass is 436 g/mol. The minimum Gasteiger partial charge on any atom is -0.469 e. The zero-order chi connectivity index (χ0) is 21.3. The number of carbonyl (C=O) groups excluding carboxylic acids is 1. The first-order valence-corrected chi connectivity index (χ1v) is 11.2. The summed E-state index contributed by atoms with van der Waals surface area (Å²) in [5.41, 5.74) is 1.10. The van der Waals surface area contributed by atoms with Gasteiger partial charge in [-0.3, -0.25) is 14.7 Å². The van der Waals surface area contributed by atoms with Gasteiger partial charge in [0.15, 0.2) is 5.96 Å². The number of guanidine groups is 1. The normalized spacial score (nSPS) is 20.1. The average molecular weight is 437 g/mol. The quantitative estimate of drug-likeness (QED) is 0.420. The van der Waals surface area contributed by atoms with Gasteiger partial charge in [0.05, 0.1) is 38.8 Å². The van der Waals surface area contributed by atoms with E-state index in [9.17, 15) is 4.79 Å². The fourth-order valence-corrected chi connectivity index (χ4v) is 4.40. The van der Waals surface area contributed by atoms with Crippen molar-refractivity contribution in [3.8, 4) is 0 Å². The lowest BCUT2D eigenvalue weighted by Gasteiger charge is -2.36. The van der Waals surface area contributed by atoms with Gasteiger partial charge in [-0.2, -0.15) is 0 Å². The van der Waals surface area contributed by atoms with Gasteiger partial charge in [0.2, 0.25) is 0 Å². The van der Waals surface area contributed by atoms with Crippen molar-refractivity contribution in [1.29, 1.82) is 0 Å². The lowest BCUT2D eigenvalue weighted by atomic mass is 9.97. The molecule has 0 aromatic heterocycles. The molecule has 0 saturated carbocycles. The molecule has 1 N–H and O–H groups in total. The van der Waals surface area contributed by atoms with Crippen molar-refractivity contribution in [2.24, 2.45) is 10.9 Å². The van der Waals surface area contributed by atoms with Crippen LogP contribution in [0.3, 0.4) is 0 Å². The number of ether oxygens (including phenoxy) is 2. The van der Waals surface area contributed by atoms with Gasteiger partial charge in [0.1, 0.15) is 0 Å². The second-order valence-corrected chi connectivity index (χ2v) is 8.07. The van der Waals surface area contributed by atoms with Gasteiger partial charge in [-0.25, -0.2) is 0 Å². The third kappa shape index (κ3) is 5.86. The number of hydrogen-bond donors (Lipinski definition) is 1. The fourth-order valence-electron chi connectivity index (χ4n) is 4.14. The Bertz CT molecular complexity index is 716. The predicted octanol–water partition coefficient (Wildman–Crippen LogP) is 2.56. The molecule has 30 heavy (non-hydrogen) atoms. The first-order valence-electron chi connectivity index (χ1n) is 10.8. The minimum absolute atomic E-state index is 0.0154. The highest BCUT2D eigenvalue weighted by Crippen LogP contribution is 2.29. The number of methoxy groups -OCH3 is 1. The summed E-state index contributed by atoms with van der Waals surface area (Å²) in [4.78, 5) is 21.5. The Labute approximate surface area is 184 Å². The van der Waals surface area contributed by atoms with Crippen LogP contribution in [0.5, 0.6) is 0 Å². The Balaban J connectivity index is 1.74. The lowest BCUT2D eigenvalue weighted by Crippen LogP contribution is -2.47. The number of hydrogen-bond acceptors (Lipinski definition) is 5. The number of likely N-dealkylation sites (tertiary alicyclic amines) is 1. The molecule has 7 nitrogen and oxygen atoms in total. The molecule has 1 unspecified atom stereocenters. The van der Waals surface area contributed by atoms with Crippen LogP contribution in [0.25, 0.3) is 0 Å². The SMILES string of the molecule is CCNC(=NCC(c1ccccc1Cl)N1CCOCC1)N1CCC(C(=O)OC)CC1. The Kier molecular flexibility index (Phi) is 8.78. The molecule has 3 rings (SSSR count). The highest BCUT2D eigenvalue weighted by Gasteiger charge is 2.28. The van der Waals surface area contributed by atoms with Gasteiger partial charge in [0.25, 0.3) is 0 Å². The van der Waals surface area contributed by atoms with E-state index in [0.29, 0.717) is 6.54 Å². The molecule has 2 saturated heterocycles. The average Bonchev–Trinajstić information content (AvgIpc) is 2.80. The Hall–Kier alpha value is -1.83. The smallest absolute Gasteiger partial charge is 0.308 e. The van der Waals surface area contributed by atoms with Gasteiger partial charge in [-0.05, 0) is 31.4 Å². The predicted molar refractivity (Wildman–Crippen MR) is 119 cm³/mol. The number of carbonyl (C=O) groups is 1. The molecule has 2 heterocycles. The van der Waals surface area contributed by atoms with Crippen molar-refractivity contribution >= 4 is 23.5 Å². The standard InChI is InChI=1S/C22H33ClN4O3/c1-3-24-22(27-10-8-17(9-11-27)21(28)29-2)25-16-20(26-12-14-30-15-13-26)18-6-4-5-7-19(18)23/h4-7,17,20H,3,8-16H2,1-2H3,(H,24,25). The van der Waals surface area contributed by atoms with Crippen molar-refractivity contribution < 1.29 is 14.3 Å². The van der Waals surface area contributed by atoms with E-state index >= 15 is 0 Å². The molecular formula is C22H33ClN4O3. The maximum absolute atomic E-state index is 11.8. The summed E-state index contributed by atoms with van der Waals surface area (Å²) >= 11 is 6.55. The van der Waals surface area contributed by atoms with Crippen LogP contribution in [-0.4, -0.2) is 81.3 Å².